The van der Waals surface area contributed by atoms with Gasteiger partial charge in [-0.3, -0.25) is 0 Å². The highest BCUT2D eigenvalue weighted by atomic mass is 16.3. The van der Waals surface area contributed by atoms with Crippen molar-refractivity contribution in [3.63, 3.8) is 0 Å². The van der Waals surface area contributed by atoms with E-state index in [0.717, 1.165) is 12.8 Å². The van der Waals surface area contributed by atoms with E-state index < -0.39 is 5.60 Å². The number of unbranched alkanes of at least 4 members (excludes halogenated alkanes) is 4. The lowest BCUT2D eigenvalue weighted by atomic mass is 9.98. The molecule has 0 bridgehead atoms. The Morgan fingerprint density at radius 2 is 1.83 bits per heavy atom. The van der Waals surface area contributed by atoms with Crippen molar-refractivity contribution in [3.8, 4) is 0 Å². The van der Waals surface area contributed by atoms with E-state index in [2.05, 4.69) is 13.5 Å². The first-order valence-electron chi connectivity index (χ1n) is 4.98. The fourth-order valence-electron chi connectivity index (χ4n) is 1.19. The van der Waals surface area contributed by atoms with Crippen molar-refractivity contribution in [2.75, 3.05) is 0 Å². The summed E-state index contributed by atoms with van der Waals surface area (Å²) in [5, 5.41) is 9.56. The molecule has 0 fully saturated rings. The van der Waals surface area contributed by atoms with Crippen LogP contribution in [0, 0.1) is 0 Å². The Bertz CT molecular complexity index is 116. The second-order valence-electron chi connectivity index (χ2n) is 3.73. The van der Waals surface area contributed by atoms with Gasteiger partial charge in [0.2, 0.25) is 0 Å². The molecule has 0 heterocycles. The van der Waals surface area contributed by atoms with Crippen LogP contribution in [0.15, 0.2) is 12.7 Å². The zero-order chi connectivity index (χ0) is 9.45. The van der Waals surface area contributed by atoms with Gasteiger partial charge in [0.15, 0.2) is 0 Å². The van der Waals surface area contributed by atoms with E-state index in [0.29, 0.717) is 0 Å². The molecular formula is C11H22O. The highest BCUT2D eigenvalue weighted by molar-refractivity contribution is 4.91. The number of hydrogen-bond donors (Lipinski definition) is 1. The van der Waals surface area contributed by atoms with Gasteiger partial charge >= 0.3 is 0 Å². The summed E-state index contributed by atoms with van der Waals surface area (Å²) in [6, 6.07) is 0. The maximum atomic E-state index is 9.56. The molecule has 0 aliphatic carbocycles. The lowest BCUT2D eigenvalue weighted by Crippen LogP contribution is -2.19. The van der Waals surface area contributed by atoms with E-state index in [1.54, 1.807) is 6.08 Å². The van der Waals surface area contributed by atoms with Gasteiger partial charge in [0.1, 0.15) is 0 Å². The highest BCUT2D eigenvalue weighted by Gasteiger charge is 2.13. The third kappa shape index (κ3) is 6.41. The lowest BCUT2D eigenvalue weighted by molar-refractivity contribution is 0.0988. The predicted molar refractivity (Wildman–Crippen MR) is 54.2 cm³/mol. The fourth-order valence-corrected chi connectivity index (χ4v) is 1.19. The Morgan fingerprint density at radius 1 is 1.25 bits per heavy atom. The molecule has 12 heavy (non-hydrogen) atoms. The standard InChI is InChI=1S/C11H22O/c1-4-6-7-8-9-10-11(3,12)5-2/h5,12H,2,4,6-10H2,1,3H3. The summed E-state index contributed by atoms with van der Waals surface area (Å²) in [6.45, 7) is 7.62. The smallest absolute Gasteiger partial charge is 0.0797 e. The van der Waals surface area contributed by atoms with Crippen LogP contribution in [0.4, 0.5) is 0 Å². The molecule has 0 aliphatic rings. The second kappa shape index (κ2) is 6.24. The van der Waals surface area contributed by atoms with Crippen molar-refractivity contribution in [3.05, 3.63) is 12.7 Å². The summed E-state index contributed by atoms with van der Waals surface area (Å²) < 4.78 is 0. The van der Waals surface area contributed by atoms with Gasteiger partial charge < -0.3 is 5.11 Å². The Kier molecular flexibility index (Phi) is 6.09. The van der Waals surface area contributed by atoms with E-state index in [1.165, 1.54) is 25.7 Å². The first-order chi connectivity index (χ1) is 5.62. The minimum atomic E-state index is -0.647. The van der Waals surface area contributed by atoms with Crippen LogP contribution >= 0.6 is 0 Å². The van der Waals surface area contributed by atoms with Gasteiger partial charge in [-0.15, -0.1) is 6.58 Å². The van der Waals surface area contributed by atoms with Crippen LogP contribution in [0.1, 0.15) is 52.4 Å². The molecule has 0 saturated carbocycles. The molecule has 1 heteroatoms. The van der Waals surface area contributed by atoms with E-state index >= 15 is 0 Å². The highest BCUT2D eigenvalue weighted by Crippen LogP contribution is 2.15. The average molecular weight is 170 g/mol. The Morgan fingerprint density at radius 3 is 2.33 bits per heavy atom. The lowest BCUT2D eigenvalue weighted by Gasteiger charge is -2.17. The molecule has 1 unspecified atom stereocenters. The van der Waals surface area contributed by atoms with Crippen LogP contribution in [-0.4, -0.2) is 10.7 Å². The molecule has 1 atom stereocenters. The SMILES string of the molecule is C=CC(C)(O)CCCCCCC. The Hall–Kier alpha value is -0.300. The largest absolute Gasteiger partial charge is 0.386 e. The third-order valence-electron chi connectivity index (χ3n) is 2.23. The molecule has 0 radical (unpaired) electrons. The summed E-state index contributed by atoms with van der Waals surface area (Å²) in [5.74, 6) is 0. The molecule has 0 spiro atoms. The molecular weight excluding hydrogens is 148 g/mol. The van der Waals surface area contributed by atoms with E-state index in [-0.39, 0.29) is 0 Å². The van der Waals surface area contributed by atoms with E-state index in [9.17, 15) is 5.11 Å². The molecule has 0 saturated heterocycles. The van der Waals surface area contributed by atoms with Crippen LogP contribution in [0.2, 0.25) is 0 Å². The topological polar surface area (TPSA) is 20.2 Å². The minimum absolute atomic E-state index is 0.647. The van der Waals surface area contributed by atoms with Crippen molar-refractivity contribution in [1.29, 1.82) is 0 Å². The molecule has 72 valence electrons. The number of aliphatic hydroxyl groups is 1. The maximum Gasteiger partial charge on any atom is 0.0797 e. The van der Waals surface area contributed by atoms with Crippen molar-refractivity contribution >= 4 is 0 Å². The normalized spacial score (nSPS) is 15.6. The maximum absolute atomic E-state index is 9.56. The van der Waals surface area contributed by atoms with Crippen LogP contribution < -0.4 is 0 Å². The molecule has 1 N–H and O–H groups in total. The summed E-state index contributed by atoms with van der Waals surface area (Å²) in [7, 11) is 0. The van der Waals surface area contributed by atoms with Crippen LogP contribution in [0.5, 0.6) is 0 Å². The van der Waals surface area contributed by atoms with Crippen LogP contribution in [0.3, 0.4) is 0 Å². The van der Waals surface area contributed by atoms with Gasteiger partial charge in [-0.2, -0.15) is 0 Å². The minimum Gasteiger partial charge on any atom is -0.386 e. The van der Waals surface area contributed by atoms with Gasteiger partial charge in [-0.1, -0.05) is 45.1 Å². The zero-order valence-electron chi connectivity index (χ0n) is 8.47. The van der Waals surface area contributed by atoms with Crippen molar-refractivity contribution in [1.82, 2.24) is 0 Å². The van der Waals surface area contributed by atoms with Crippen LogP contribution in [0.25, 0.3) is 0 Å². The molecule has 1 nitrogen and oxygen atoms in total. The third-order valence-corrected chi connectivity index (χ3v) is 2.23. The molecule has 0 aromatic rings. The van der Waals surface area contributed by atoms with E-state index in [4.69, 9.17) is 0 Å². The molecule has 0 aromatic heterocycles. The van der Waals surface area contributed by atoms with Crippen molar-refractivity contribution in [2.45, 2.75) is 58.0 Å². The zero-order valence-corrected chi connectivity index (χ0v) is 8.47. The first-order valence-corrected chi connectivity index (χ1v) is 4.98. The Balaban J connectivity index is 3.25. The summed E-state index contributed by atoms with van der Waals surface area (Å²) in [4.78, 5) is 0. The molecule has 0 rings (SSSR count). The van der Waals surface area contributed by atoms with Crippen molar-refractivity contribution in [2.24, 2.45) is 0 Å². The van der Waals surface area contributed by atoms with Gasteiger partial charge in [-0.25, -0.2) is 0 Å². The monoisotopic (exact) mass is 170 g/mol. The second-order valence-corrected chi connectivity index (χ2v) is 3.73. The summed E-state index contributed by atoms with van der Waals surface area (Å²) in [5.41, 5.74) is -0.647. The molecule has 0 aliphatic heterocycles. The van der Waals surface area contributed by atoms with E-state index in [1.807, 2.05) is 6.92 Å². The summed E-state index contributed by atoms with van der Waals surface area (Å²) >= 11 is 0. The van der Waals surface area contributed by atoms with Gasteiger partial charge in [0, 0.05) is 0 Å². The number of rotatable bonds is 7. The van der Waals surface area contributed by atoms with Gasteiger partial charge in [-0.05, 0) is 13.3 Å². The summed E-state index contributed by atoms with van der Waals surface area (Å²) in [6.07, 6.45) is 8.71. The Labute approximate surface area is 76.5 Å². The van der Waals surface area contributed by atoms with Gasteiger partial charge in [0.05, 0.1) is 5.60 Å². The first kappa shape index (κ1) is 11.7. The molecule has 0 aromatic carbocycles. The van der Waals surface area contributed by atoms with Gasteiger partial charge in [0.25, 0.3) is 0 Å². The quantitative estimate of drug-likeness (QED) is 0.459. The predicted octanol–water partition coefficient (Wildman–Crippen LogP) is 3.28. The average Bonchev–Trinajstić information content (AvgIpc) is 2.04. The van der Waals surface area contributed by atoms with Crippen molar-refractivity contribution < 1.29 is 5.11 Å². The molecule has 0 amide bonds. The number of hydrogen-bond acceptors (Lipinski definition) is 1. The van der Waals surface area contributed by atoms with Crippen LogP contribution in [-0.2, 0) is 0 Å². The fraction of sp³-hybridized carbons (Fsp3) is 0.818.